The number of halogens is 2. The van der Waals surface area contributed by atoms with Gasteiger partial charge in [0.05, 0.1) is 12.6 Å². The highest BCUT2D eigenvalue weighted by Gasteiger charge is 2.19. The highest BCUT2D eigenvalue weighted by Crippen LogP contribution is 2.18. The zero-order chi connectivity index (χ0) is 16.5. The van der Waals surface area contributed by atoms with Gasteiger partial charge in [-0.1, -0.05) is 26.3 Å². The fraction of sp³-hybridized carbons (Fsp3) is 0.588. The Bertz CT molecular complexity index is 473. The number of carbonyl (C=O) groups is 1. The number of carbonyl (C=O) groups excluding carboxylic acids is 1. The summed E-state index contributed by atoms with van der Waals surface area (Å²) in [6, 6.07) is 6.94. The van der Waals surface area contributed by atoms with Crippen molar-refractivity contribution in [2.75, 3.05) is 32.6 Å². The van der Waals surface area contributed by atoms with E-state index in [0.29, 0.717) is 12.3 Å². The lowest BCUT2D eigenvalue weighted by Crippen LogP contribution is -2.40. The molecular formula is C17H31Cl2N3O2. The first-order chi connectivity index (χ1) is 10.4. The summed E-state index contributed by atoms with van der Waals surface area (Å²) in [5, 5.41) is 2.85. The van der Waals surface area contributed by atoms with Gasteiger partial charge in [0, 0.05) is 18.3 Å². The number of rotatable bonds is 9. The Morgan fingerprint density at radius 1 is 1.33 bits per heavy atom. The van der Waals surface area contributed by atoms with Gasteiger partial charge < -0.3 is 20.7 Å². The highest BCUT2D eigenvalue weighted by molar-refractivity contribution is 5.95. The molecule has 0 aromatic heterocycles. The van der Waals surface area contributed by atoms with Crippen LogP contribution in [0, 0.1) is 5.92 Å². The molecule has 0 aliphatic heterocycles. The van der Waals surface area contributed by atoms with Crippen molar-refractivity contribution in [3.8, 4) is 5.75 Å². The van der Waals surface area contributed by atoms with E-state index in [1.807, 2.05) is 52.2 Å². The zero-order valence-corrected chi connectivity index (χ0v) is 16.6. The second kappa shape index (κ2) is 13.3. The molecule has 0 fully saturated rings. The van der Waals surface area contributed by atoms with Gasteiger partial charge in [0.25, 0.3) is 0 Å². The standard InChI is InChI=1S/C17H29N3O2.2ClH/c1-5-13(2)16(18)17(21)19-14-8-6-9-15(12-14)22-11-7-10-20(3)4;;/h6,8-9,12-13,16H,5,7,10-11,18H2,1-4H3,(H,19,21);2*1H. The molecule has 0 saturated carbocycles. The summed E-state index contributed by atoms with van der Waals surface area (Å²) in [5.41, 5.74) is 6.65. The van der Waals surface area contributed by atoms with Crippen LogP contribution < -0.4 is 15.8 Å². The number of nitrogens with two attached hydrogens (primary N) is 1. The molecule has 1 aromatic rings. The minimum absolute atomic E-state index is 0. The Hall–Kier alpha value is -1.01. The summed E-state index contributed by atoms with van der Waals surface area (Å²) >= 11 is 0. The van der Waals surface area contributed by atoms with Crippen LogP contribution in [-0.4, -0.2) is 44.1 Å². The minimum Gasteiger partial charge on any atom is -0.493 e. The number of nitrogens with zero attached hydrogens (tertiary/aromatic N) is 1. The van der Waals surface area contributed by atoms with E-state index in [1.165, 1.54) is 0 Å². The van der Waals surface area contributed by atoms with E-state index in [0.717, 1.165) is 25.1 Å². The molecule has 0 bridgehead atoms. The van der Waals surface area contributed by atoms with Crippen molar-refractivity contribution < 1.29 is 9.53 Å². The number of benzene rings is 1. The number of nitrogens with one attached hydrogen (secondary N) is 1. The van der Waals surface area contributed by atoms with Crippen molar-refractivity contribution >= 4 is 36.4 Å². The number of amides is 1. The summed E-state index contributed by atoms with van der Waals surface area (Å²) < 4.78 is 5.70. The number of hydrogen-bond donors (Lipinski definition) is 2. The number of hydrogen-bond acceptors (Lipinski definition) is 4. The van der Waals surface area contributed by atoms with E-state index in [9.17, 15) is 4.79 Å². The minimum atomic E-state index is -0.491. The first-order valence-corrected chi connectivity index (χ1v) is 7.88. The molecular weight excluding hydrogens is 349 g/mol. The molecule has 2 unspecified atom stereocenters. The topological polar surface area (TPSA) is 67.6 Å². The van der Waals surface area contributed by atoms with Crippen LogP contribution in [0.5, 0.6) is 5.75 Å². The van der Waals surface area contributed by atoms with Gasteiger partial charge in [-0.15, -0.1) is 24.8 Å². The van der Waals surface area contributed by atoms with Crippen LogP contribution >= 0.6 is 24.8 Å². The Labute approximate surface area is 158 Å². The fourth-order valence-electron chi connectivity index (χ4n) is 1.97. The monoisotopic (exact) mass is 379 g/mol. The lowest BCUT2D eigenvalue weighted by molar-refractivity contribution is -0.118. The first-order valence-electron chi connectivity index (χ1n) is 7.88. The molecule has 0 saturated heterocycles. The summed E-state index contributed by atoms with van der Waals surface area (Å²) in [7, 11) is 4.08. The molecule has 140 valence electrons. The van der Waals surface area contributed by atoms with Crippen LogP contribution in [0.25, 0.3) is 0 Å². The van der Waals surface area contributed by atoms with Crippen molar-refractivity contribution in [3.05, 3.63) is 24.3 Å². The quantitative estimate of drug-likeness (QED) is 0.646. The predicted octanol–water partition coefficient (Wildman–Crippen LogP) is 3.17. The van der Waals surface area contributed by atoms with Crippen LogP contribution in [0.15, 0.2) is 24.3 Å². The van der Waals surface area contributed by atoms with Gasteiger partial charge in [0.15, 0.2) is 0 Å². The average Bonchev–Trinajstić information content (AvgIpc) is 2.50. The fourth-order valence-corrected chi connectivity index (χ4v) is 1.97. The van der Waals surface area contributed by atoms with E-state index in [-0.39, 0.29) is 36.6 Å². The molecule has 0 heterocycles. The van der Waals surface area contributed by atoms with E-state index in [1.54, 1.807) is 0 Å². The normalized spacial score (nSPS) is 12.6. The lowest BCUT2D eigenvalue weighted by atomic mass is 9.99. The molecule has 1 amide bonds. The number of anilines is 1. The molecule has 0 aliphatic carbocycles. The predicted molar refractivity (Wildman–Crippen MR) is 106 cm³/mol. The van der Waals surface area contributed by atoms with E-state index >= 15 is 0 Å². The SMILES string of the molecule is CCC(C)C(N)C(=O)Nc1cccc(OCCCN(C)C)c1.Cl.Cl. The summed E-state index contributed by atoms with van der Waals surface area (Å²) in [5.74, 6) is 0.762. The molecule has 5 nitrogen and oxygen atoms in total. The van der Waals surface area contributed by atoms with Crippen molar-refractivity contribution in [2.24, 2.45) is 11.7 Å². The third kappa shape index (κ3) is 9.33. The van der Waals surface area contributed by atoms with E-state index in [4.69, 9.17) is 10.5 Å². The van der Waals surface area contributed by atoms with Gasteiger partial charge >= 0.3 is 0 Å². The molecule has 1 rings (SSSR count). The summed E-state index contributed by atoms with van der Waals surface area (Å²) in [6.45, 7) is 5.65. The Morgan fingerprint density at radius 2 is 2.00 bits per heavy atom. The van der Waals surface area contributed by atoms with E-state index in [2.05, 4.69) is 10.2 Å². The zero-order valence-electron chi connectivity index (χ0n) is 15.0. The van der Waals surface area contributed by atoms with Crippen molar-refractivity contribution in [1.82, 2.24) is 4.90 Å². The Kier molecular flexibility index (Phi) is 14.0. The maximum atomic E-state index is 12.1. The van der Waals surface area contributed by atoms with Gasteiger partial charge in [-0.3, -0.25) is 4.79 Å². The third-order valence-electron chi connectivity index (χ3n) is 3.68. The van der Waals surface area contributed by atoms with Gasteiger partial charge in [0.1, 0.15) is 5.75 Å². The van der Waals surface area contributed by atoms with Crippen LogP contribution in [0.3, 0.4) is 0 Å². The largest absolute Gasteiger partial charge is 0.493 e. The van der Waals surface area contributed by atoms with Crippen LogP contribution in [0.4, 0.5) is 5.69 Å². The lowest BCUT2D eigenvalue weighted by Gasteiger charge is -2.18. The Morgan fingerprint density at radius 3 is 2.58 bits per heavy atom. The van der Waals surface area contributed by atoms with Crippen molar-refractivity contribution in [3.63, 3.8) is 0 Å². The van der Waals surface area contributed by atoms with Gasteiger partial charge in [-0.25, -0.2) is 0 Å². The van der Waals surface area contributed by atoms with E-state index < -0.39 is 6.04 Å². The number of ether oxygens (including phenoxy) is 1. The molecule has 2 atom stereocenters. The Balaban J connectivity index is 0. The highest BCUT2D eigenvalue weighted by atomic mass is 35.5. The van der Waals surface area contributed by atoms with Gasteiger partial charge in [-0.2, -0.15) is 0 Å². The van der Waals surface area contributed by atoms with Crippen molar-refractivity contribution in [1.29, 1.82) is 0 Å². The molecule has 24 heavy (non-hydrogen) atoms. The third-order valence-corrected chi connectivity index (χ3v) is 3.68. The van der Waals surface area contributed by atoms with Crippen molar-refractivity contribution in [2.45, 2.75) is 32.7 Å². The molecule has 7 heteroatoms. The summed E-state index contributed by atoms with van der Waals surface area (Å²) in [6.07, 6.45) is 1.84. The van der Waals surface area contributed by atoms with Gasteiger partial charge in [0.2, 0.25) is 5.91 Å². The van der Waals surface area contributed by atoms with Crippen LogP contribution in [0.1, 0.15) is 26.7 Å². The molecule has 3 N–H and O–H groups in total. The molecule has 1 aromatic carbocycles. The second-order valence-corrected chi connectivity index (χ2v) is 5.93. The van der Waals surface area contributed by atoms with Crippen LogP contribution in [0.2, 0.25) is 0 Å². The maximum absolute atomic E-state index is 12.1. The first kappa shape index (κ1) is 25.2. The molecule has 0 radical (unpaired) electrons. The second-order valence-electron chi connectivity index (χ2n) is 5.93. The van der Waals surface area contributed by atoms with Gasteiger partial charge in [-0.05, 0) is 38.6 Å². The van der Waals surface area contributed by atoms with Crippen LogP contribution in [-0.2, 0) is 4.79 Å². The molecule has 0 aliphatic rings. The smallest absolute Gasteiger partial charge is 0.241 e. The average molecular weight is 380 g/mol. The summed E-state index contributed by atoms with van der Waals surface area (Å²) in [4.78, 5) is 14.2. The maximum Gasteiger partial charge on any atom is 0.241 e. The molecule has 0 spiro atoms.